The molecule has 1 spiro atoms. The Morgan fingerprint density at radius 2 is 1.92 bits per heavy atom. The lowest BCUT2D eigenvalue weighted by Crippen LogP contribution is -2.55. The lowest BCUT2D eigenvalue weighted by molar-refractivity contribution is -0.199. The van der Waals surface area contributed by atoms with Crippen molar-refractivity contribution in [3.63, 3.8) is 0 Å². The number of nitrogens with zero attached hydrogens (tertiary/aromatic N) is 3. The van der Waals surface area contributed by atoms with Gasteiger partial charge in [-0.15, -0.1) is 0 Å². The molecule has 134 valence electrons. The number of piperidine rings is 1. The van der Waals surface area contributed by atoms with Crippen LogP contribution in [0, 0.1) is 19.3 Å². The van der Waals surface area contributed by atoms with Crippen molar-refractivity contribution < 1.29 is 9.84 Å². The van der Waals surface area contributed by atoms with Crippen LogP contribution in [0.3, 0.4) is 0 Å². The SMILES string of the molecule is Cc1cnc(C)c(N2CCC3(CC2)C[C@H](O)C[C@H](C(C)(C)C)O3)n1. The first-order chi connectivity index (χ1) is 11.2. The van der Waals surface area contributed by atoms with E-state index in [4.69, 9.17) is 4.74 Å². The highest BCUT2D eigenvalue weighted by Crippen LogP contribution is 2.42. The predicted octanol–water partition coefficient (Wildman–Crippen LogP) is 3.02. The van der Waals surface area contributed by atoms with Crippen molar-refractivity contribution in [1.82, 2.24) is 9.97 Å². The van der Waals surface area contributed by atoms with Crippen LogP contribution < -0.4 is 4.90 Å². The Bertz CT molecular complexity index is 589. The summed E-state index contributed by atoms with van der Waals surface area (Å²) >= 11 is 0. The normalized spacial score (nSPS) is 27.5. The number of aromatic nitrogens is 2. The van der Waals surface area contributed by atoms with Gasteiger partial charge >= 0.3 is 0 Å². The molecule has 5 heteroatoms. The first-order valence-corrected chi connectivity index (χ1v) is 9.10. The Labute approximate surface area is 145 Å². The van der Waals surface area contributed by atoms with Crippen molar-refractivity contribution >= 4 is 5.82 Å². The lowest BCUT2D eigenvalue weighted by atomic mass is 9.76. The lowest BCUT2D eigenvalue weighted by Gasteiger charge is -2.51. The molecule has 0 amide bonds. The summed E-state index contributed by atoms with van der Waals surface area (Å²) in [6.07, 6.45) is 5.06. The molecule has 1 N–H and O–H groups in total. The summed E-state index contributed by atoms with van der Waals surface area (Å²) in [4.78, 5) is 11.4. The largest absolute Gasteiger partial charge is 0.393 e. The molecule has 1 aromatic heterocycles. The average Bonchev–Trinajstić information content (AvgIpc) is 2.49. The van der Waals surface area contributed by atoms with E-state index in [1.54, 1.807) is 0 Å². The highest BCUT2D eigenvalue weighted by molar-refractivity contribution is 5.44. The van der Waals surface area contributed by atoms with E-state index in [2.05, 4.69) is 35.6 Å². The number of aliphatic hydroxyl groups is 1. The molecule has 0 saturated carbocycles. The van der Waals surface area contributed by atoms with Crippen LogP contribution >= 0.6 is 0 Å². The van der Waals surface area contributed by atoms with Crippen molar-refractivity contribution in [3.8, 4) is 0 Å². The van der Waals surface area contributed by atoms with E-state index in [1.807, 2.05) is 20.0 Å². The fraction of sp³-hybridized carbons (Fsp3) is 0.789. The van der Waals surface area contributed by atoms with Crippen molar-refractivity contribution in [2.75, 3.05) is 18.0 Å². The molecular formula is C19H31N3O2. The van der Waals surface area contributed by atoms with Crippen LogP contribution in [0.5, 0.6) is 0 Å². The summed E-state index contributed by atoms with van der Waals surface area (Å²) in [6.45, 7) is 12.4. The molecule has 0 radical (unpaired) electrons. The fourth-order valence-corrected chi connectivity index (χ4v) is 3.96. The number of hydrogen-bond donors (Lipinski definition) is 1. The predicted molar refractivity (Wildman–Crippen MR) is 95.3 cm³/mol. The molecule has 2 aliphatic heterocycles. The zero-order valence-corrected chi connectivity index (χ0v) is 15.7. The van der Waals surface area contributed by atoms with Crippen molar-refractivity contribution in [2.24, 2.45) is 5.41 Å². The van der Waals surface area contributed by atoms with Gasteiger partial charge in [0.2, 0.25) is 0 Å². The maximum Gasteiger partial charge on any atom is 0.150 e. The molecule has 2 fully saturated rings. The smallest absolute Gasteiger partial charge is 0.150 e. The van der Waals surface area contributed by atoms with Gasteiger partial charge in [-0.05, 0) is 32.1 Å². The van der Waals surface area contributed by atoms with E-state index in [9.17, 15) is 5.11 Å². The first kappa shape index (κ1) is 17.6. The molecule has 2 atom stereocenters. The number of rotatable bonds is 1. The summed E-state index contributed by atoms with van der Waals surface area (Å²) in [6, 6.07) is 0. The zero-order valence-electron chi connectivity index (χ0n) is 15.7. The maximum absolute atomic E-state index is 10.4. The Hall–Kier alpha value is -1.20. The van der Waals surface area contributed by atoms with Gasteiger partial charge in [0.15, 0.2) is 0 Å². The Morgan fingerprint density at radius 1 is 1.25 bits per heavy atom. The van der Waals surface area contributed by atoms with E-state index >= 15 is 0 Å². The molecule has 5 nitrogen and oxygen atoms in total. The third-order valence-electron chi connectivity index (χ3n) is 5.48. The maximum atomic E-state index is 10.4. The number of hydrogen-bond acceptors (Lipinski definition) is 5. The summed E-state index contributed by atoms with van der Waals surface area (Å²) in [5.41, 5.74) is 1.81. The minimum atomic E-state index is -0.255. The molecule has 0 aliphatic carbocycles. The van der Waals surface area contributed by atoms with E-state index < -0.39 is 0 Å². The molecule has 0 bridgehead atoms. The molecule has 0 unspecified atom stereocenters. The van der Waals surface area contributed by atoms with Gasteiger partial charge in [0, 0.05) is 32.1 Å². The van der Waals surface area contributed by atoms with Gasteiger partial charge in [0.05, 0.1) is 29.2 Å². The van der Waals surface area contributed by atoms with Gasteiger partial charge in [-0.1, -0.05) is 20.8 Å². The van der Waals surface area contributed by atoms with Crippen molar-refractivity contribution in [3.05, 3.63) is 17.6 Å². The Kier molecular flexibility index (Phi) is 4.60. The molecule has 1 aromatic rings. The van der Waals surface area contributed by atoms with E-state index in [0.29, 0.717) is 0 Å². The van der Waals surface area contributed by atoms with Crippen LogP contribution in [0.4, 0.5) is 5.82 Å². The van der Waals surface area contributed by atoms with Gasteiger partial charge in [-0.25, -0.2) is 4.98 Å². The van der Waals surface area contributed by atoms with Crippen molar-refractivity contribution in [1.29, 1.82) is 0 Å². The quantitative estimate of drug-likeness (QED) is 0.856. The Morgan fingerprint density at radius 3 is 2.54 bits per heavy atom. The highest BCUT2D eigenvalue weighted by Gasteiger charge is 2.46. The van der Waals surface area contributed by atoms with Gasteiger partial charge in [0.25, 0.3) is 0 Å². The topological polar surface area (TPSA) is 58.5 Å². The van der Waals surface area contributed by atoms with Crippen molar-refractivity contribution in [2.45, 2.75) is 78.1 Å². The minimum absolute atomic E-state index is 0.0597. The third kappa shape index (κ3) is 3.57. The molecular weight excluding hydrogens is 302 g/mol. The molecule has 2 aliphatic rings. The van der Waals surface area contributed by atoms with E-state index in [-0.39, 0.29) is 23.2 Å². The second kappa shape index (κ2) is 6.26. The van der Waals surface area contributed by atoms with E-state index in [0.717, 1.165) is 56.0 Å². The van der Waals surface area contributed by atoms with Crippen LogP contribution in [0.15, 0.2) is 6.20 Å². The third-order valence-corrected chi connectivity index (χ3v) is 5.48. The number of ether oxygens (including phenoxy) is 1. The summed E-state index contributed by atoms with van der Waals surface area (Å²) in [7, 11) is 0. The van der Waals surface area contributed by atoms with Crippen LogP contribution in [-0.2, 0) is 4.74 Å². The van der Waals surface area contributed by atoms with Gasteiger partial charge in [-0.2, -0.15) is 0 Å². The Balaban J connectivity index is 1.72. The first-order valence-electron chi connectivity index (χ1n) is 9.10. The second-order valence-electron chi connectivity index (χ2n) is 8.66. The second-order valence-corrected chi connectivity index (χ2v) is 8.66. The van der Waals surface area contributed by atoms with Crippen LogP contribution in [0.25, 0.3) is 0 Å². The minimum Gasteiger partial charge on any atom is -0.393 e. The van der Waals surface area contributed by atoms with Crippen LogP contribution in [0.1, 0.15) is 57.8 Å². The molecule has 0 aromatic carbocycles. The van der Waals surface area contributed by atoms with Crippen LogP contribution in [0.2, 0.25) is 0 Å². The zero-order chi connectivity index (χ0) is 17.5. The average molecular weight is 333 g/mol. The monoisotopic (exact) mass is 333 g/mol. The summed E-state index contributed by atoms with van der Waals surface area (Å²) in [5, 5.41) is 10.4. The number of aryl methyl sites for hydroxylation is 2. The standard InChI is InChI=1S/C19H31N3O2/c1-13-12-20-14(2)17(21-13)22-8-6-19(7-9-22)11-15(23)10-16(24-19)18(3,4)5/h12,15-16,23H,6-11H2,1-5H3/t15-,16-/m1/s1. The highest BCUT2D eigenvalue weighted by atomic mass is 16.5. The van der Waals surface area contributed by atoms with Crippen LogP contribution in [-0.4, -0.2) is 46.0 Å². The number of anilines is 1. The van der Waals surface area contributed by atoms with Gasteiger partial charge in [0.1, 0.15) is 5.82 Å². The molecule has 3 heterocycles. The van der Waals surface area contributed by atoms with E-state index in [1.165, 1.54) is 0 Å². The molecule has 2 saturated heterocycles. The summed E-state index contributed by atoms with van der Waals surface area (Å²) in [5.74, 6) is 0.994. The van der Waals surface area contributed by atoms with Gasteiger partial charge in [-0.3, -0.25) is 4.98 Å². The summed E-state index contributed by atoms with van der Waals surface area (Å²) < 4.78 is 6.57. The molecule has 3 rings (SSSR count). The number of aliphatic hydroxyl groups excluding tert-OH is 1. The fourth-order valence-electron chi connectivity index (χ4n) is 3.96. The molecule has 24 heavy (non-hydrogen) atoms. The van der Waals surface area contributed by atoms with Gasteiger partial charge < -0.3 is 14.7 Å².